The second kappa shape index (κ2) is 5.64. The zero-order valence-corrected chi connectivity index (χ0v) is 11.8. The Morgan fingerprint density at radius 3 is 2.62 bits per heavy atom. The number of nitrogens with zero attached hydrogens (tertiary/aromatic N) is 3. The van der Waals surface area contributed by atoms with Crippen molar-refractivity contribution in [3.8, 4) is 17.5 Å². The SMILES string of the molecule is Cc1ccc(-c2nccn2Cc2ccccc2C#N)cc1. The lowest BCUT2D eigenvalue weighted by Crippen LogP contribution is -2.02. The number of aryl methyl sites for hydroxylation is 1. The molecule has 3 heteroatoms. The van der Waals surface area contributed by atoms with Crippen molar-refractivity contribution in [3.63, 3.8) is 0 Å². The van der Waals surface area contributed by atoms with Gasteiger partial charge in [0.1, 0.15) is 5.82 Å². The molecule has 3 rings (SSSR count). The summed E-state index contributed by atoms with van der Waals surface area (Å²) in [5.74, 6) is 0.919. The van der Waals surface area contributed by atoms with Gasteiger partial charge in [0.15, 0.2) is 0 Å². The molecule has 2 aromatic carbocycles. The van der Waals surface area contributed by atoms with E-state index in [9.17, 15) is 5.26 Å². The van der Waals surface area contributed by atoms with E-state index in [-0.39, 0.29) is 0 Å². The van der Waals surface area contributed by atoms with E-state index in [1.165, 1.54) is 5.56 Å². The van der Waals surface area contributed by atoms with E-state index in [2.05, 4.69) is 46.8 Å². The third kappa shape index (κ3) is 2.70. The smallest absolute Gasteiger partial charge is 0.140 e. The van der Waals surface area contributed by atoms with Crippen LogP contribution < -0.4 is 0 Å². The molecule has 21 heavy (non-hydrogen) atoms. The first kappa shape index (κ1) is 13.1. The summed E-state index contributed by atoms with van der Waals surface area (Å²) >= 11 is 0. The van der Waals surface area contributed by atoms with E-state index in [1.54, 1.807) is 6.20 Å². The summed E-state index contributed by atoms with van der Waals surface area (Å²) < 4.78 is 2.07. The van der Waals surface area contributed by atoms with Crippen molar-refractivity contribution in [2.45, 2.75) is 13.5 Å². The lowest BCUT2D eigenvalue weighted by molar-refractivity contribution is 0.805. The average molecular weight is 273 g/mol. The molecule has 0 aliphatic heterocycles. The Kier molecular flexibility index (Phi) is 3.53. The van der Waals surface area contributed by atoms with Gasteiger partial charge in [-0.1, -0.05) is 48.0 Å². The first-order valence-electron chi connectivity index (χ1n) is 6.84. The normalized spacial score (nSPS) is 10.3. The zero-order chi connectivity index (χ0) is 14.7. The molecule has 0 aliphatic carbocycles. The van der Waals surface area contributed by atoms with Gasteiger partial charge in [0.2, 0.25) is 0 Å². The maximum atomic E-state index is 9.19. The van der Waals surface area contributed by atoms with Gasteiger partial charge in [0, 0.05) is 18.0 Å². The summed E-state index contributed by atoms with van der Waals surface area (Å²) in [6, 6.07) is 18.2. The van der Waals surface area contributed by atoms with Crippen LogP contribution in [-0.2, 0) is 6.54 Å². The van der Waals surface area contributed by atoms with Crippen molar-refractivity contribution >= 4 is 0 Å². The number of hydrogen-bond acceptors (Lipinski definition) is 2. The van der Waals surface area contributed by atoms with Crippen LogP contribution in [0.25, 0.3) is 11.4 Å². The van der Waals surface area contributed by atoms with Crippen LogP contribution in [0.1, 0.15) is 16.7 Å². The van der Waals surface area contributed by atoms with E-state index in [0.29, 0.717) is 12.1 Å². The first-order valence-corrected chi connectivity index (χ1v) is 6.84. The molecule has 0 unspecified atom stereocenters. The van der Waals surface area contributed by atoms with Gasteiger partial charge in [0.05, 0.1) is 18.2 Å². The monoisotopic (exact) mass is 273 g/mol. The third-order valence-corrected chi connectivity index (χ3v) is 3.50. The minimum atomic E-state index is 0.646. The van der Waals surface area contributed by atoms with Crippen molar-refractivity contribution in [2.75, 3.05) is 0 Å². The molecular weight excluding hydrogens is 258 g/mol. The number of benzene rings is 2. The highest BCUT2D eigenvalue weighted by atomic mass is 15.1. The average Bonchev–Trinajstić information content (AvgIpc) is 2.97. The van der Waals surface area contributed by atoms with Gasteiger partial charge in [-0.3, -0.25) is 0 Å². The minimum Gasteiger partial charge on any atom is -0.327 e. The fraction of sp³-hybridized carbons (Fsp3) is 0.111. The predicted octanol–water partition coefficient (Wildman–Crippen LogP) is 3.78. The van der Waals surface area contributed by atoms with Crippen molar-refractivity contribution in [2.24, 2.45) is 0 Å². The molecule has 0 N–H and O–H groups in total. The number of hydrogen-bond donors (Lipinski definition) is 0. The standard InChI is InChI=1S/C18H15N3/c1-14-6-8-15(9-7-14)18-20-10-11-21(18)13-17-5-3-2-4-16(17)12-19/h2-11H,13H2,1H3. The van der Waals surface area contributed by atoms with Gasteiger partial charge in [-0.05, 0) is 18.6 Å². The van der Waals surface area contributed by atoms with E-state index >= 15 is 0 Å². The highest BCUT2D eigenvalue weighted by Crippen LogP contribution is 2.20. The number of aromatic nitrogens is 2. The Bertz CT molecular complexity index is 792. The summed E-state index contributed by atoms with van der Waals surface area (Å²) in [6.07, 6.45) is 3.74. The molecule has 0 atom stereocenters. The Morgan fingerprint density at radius 2 is 1.86 bits per heavy atom. The van der Waals surface area contributed by atoms with E-state index in [1.807, 2.05) is 30.5 Å². The van der Waals surface area contributed by atoms with Crippen LogP contribution in [-0.4, -0.2) is 9.55 Å². The highest BCUT2D eigenvalue weighted by Gasteiger charge is 2.08. The molecule has 0 bridgehead atoms. The number of imidazole rings is 1. The molecule has 1 aromatic heterocycles. The molecule has 3 aromatic rings. The Morgan fingerprint density at radius 1 is 1.10 bits per heavy atom. The van der Waals surface area contributed by atoms with Crippen LogP contribution in [0.2, 0.25) is 0 Å². The molecule has 0 saturated carbocycles. The van der Waals surface area contributed by atoms with Crippen molar-refractivity contribution in [1.82, 2.24) is 9.55 Å². The van der Waals surface area contributed by atoms with Crippen LogP contribution >= 0.6 is 0 Å². The van der Waals surface area contributed by atoms with Gasteiger partial charge in [-0.2, -0.15) is 5.26 Å². The molecule has 0 spiro atoms. The van der Waals surface area contributed by atoms with Crippen LogP contribution in [0.15, 0.2) is 60.9 Å². The van der Waals surface area contributed by atoms with Crippen LogP contribution in [0.4, 0.5) is 0 Å². The summed E-state index contributed by atoms with van der Waals surface area (Å²) in [4.78, 5) is 4.45. The number of nitriles is 1. The van der Waals surface area contributed by atoms with Crippen LogP contribution in [0.3, 0.4) is 0 Å². The quantitative estimate of drug-likeness (QED) is 0.728. The second-order valence-electron chi connectivity index (χ2n) is 5.01. The van der Waals surface area contributed by atoms with E-state index in [0.717, 1.165) is 17.0 Å². The summed E-state index contributed by atoms with van der Waals surface area (Å²) in [5, 5.41) is 9.19. The Hall–Kier alpha value is -2.86. The zero-order valence-electron chi connectivity index (χ0n) is 11.8. The fourth-order valence-electron chi connectivity index (χ4n) is 2.35. The molecule has 3 nitrogen and oxygen atoms in total. The van der Waals surface area contributed by atoms with Gasteiger partial charge in [0.25, 0.3) is 0 Å². The van der Waals surface area contributed by atoms with Gasteiger partial charge >= 0.3 is 0 Å². The summed E-state index contributed by atoms with van der Waals surface area (Å²) in [7, 11) is 0. The van der Waals surface area contributed by atoms with Gasteiger partial charge in [-0.25, -0.2) is 4.98 Å². The van der Waals surface area contributed by atoms with Gasteiger partial charge in [-0.15, -0.1) is 0 Å². The lowest BCUT2D eigenvalue weighted by atomic mass is 10.1. The fourth-order valence-corrected chi connectivity index (χ4v) is 2.35. The molecule has 0 fully saturated rings. The predicted molar refractivity (Wildman–Crippen MR) is 82.7 cm³/mol. The highest BCUT2D eigenvalue weighted by molar-refractivity contribution is 5.56. The molecule has 0 aliphatic rings. The van der Waals surface area contributed by atoms with E-state index in [4.69, 9.17) is 0 Å². The Balaban J connectivity index is 1.96. The molecule has 0 saturated heterocycles. The minimum absolute atomic E-state index is 0.646. The maximum Gasteiger partial charge on any atom is 0.140 e. The third-order valence-electron chi connectivity index (χ3n) is 3.50. The number of rotatable bonds is 3. The molecule has 0 amide bonds. The molecule has 1 heterocycles. The van der Waals surface area contributed by atoms with Crippen LogP contribution in [0.5, 0.6) is 0 Å². The van der Waals surface area contributed by atoms with Crippen molar-refractivity contribution in [3.05, 3.63) is 77.6 Å². The van der Waals surface area contributed by atoms with E-state index < -0.39 is 0 Å². The summed E-state index contributed by atoms with van der Waals surface area (Å²) in [5.41, 5.74) is 4.03. The first-order chi connectivity index (χ1) is 10.3. The molecule has 102 valence electrons. The van der Waals surface area contributed by atoms with Gasteiger partial charge < -0.3 is 4.57 Å². The van der Waals surface area contributed by atoms with Crippen LogP contribution in [0, 0.1) is 18.3 Å². The second-order valence-corrected chi connectivity index (χ2v) is 5.01. The maximum absolute atomic E-state index is 9.19. The Labute approximate surface area is 124 Å². The molecular formula is C18H15N3. The van der Waals surface area contributed by atoms with Crippen molar-refractivity contribution < 1.29 is 0 Å². The topological polar surface area (TPSA) is 41.6 Å². The largest absolute Gasteiger partial charge is 0.327 e. The molecule has 0 radical (unpaired) electrons. The van der Waals surface area contributed by atoms with Crippen molar-refractivity contribution in [1.29, 1.82) is 5.26 Å². The lowest BCUT2D eigenvalue weighted by Gasteiger charge is -2.09. The summed E-state index contributed by atoms with van der Waals surface area (Å²) in [6.45, 7) is 2.71.